The Morgan fingerprint density at radius 1 is 1.58 bits per heavy atom. The Kier molecular flexibility index (Phi) is 1.54. The second-order valence-corrected chi connectivity index (χ2v) is 3.44. The van der Waals surface area contributed by atoms with Crippen LogP contribution in [-0.2, 0) is 7.05 Å². The van der Waals surface area contributed by atoms with Gasteiger partial charge in [0.1, 0.15) is 5.52 Å². The summed E-state index contributed by atoms with van der Waals surface area (Å²) in [5.41, 5.74) is 7.21. The van der Waals surface area contributed by atoms with E-state index in [0.717, 1.165) is 15.6 Å². The molecule has 0 saturated heterocycles. The monoisotopic (exact) mass is 226 g/mol. The molecule has 0 atom stereocenters. The third kappa shape index (κ3) is 0.972. The highest BCUT2D eigenvalue weighted by atomic mass is 79.9. The molecule has 0 unspecified atom stereocenters. The number of aryl methyl sites for hydroxylation is 1. The summed E-state index contributed by atoms with van der Waals surface area (Å²) in [5, 5.41) is 0. The molecule has 0 saturated carbocycles. The van der Waals surface area contributed by atoms with Crippen molar-refractivity contribution in [3.8, 4) is 0 Å². The van der Waals surface area contributed by atoms with Crippen LogP contribution in [0.1, 0.15) is 0 Å². The minimum absolute atomic E-state index is 0.482. The summed E-state index contributed by atoms with van der Waals surface area (Å²) in [6, 6.07) is 1.89. The molecule has 62 valence electrons. The normalized spacial score (nSPS) is 10.8. The van der Waals surface area contributed by atoms with Gasteiger partial charge in [-0.2, -0.15) is 0 Å². The SMILES string of the molecule is Cn1c(N)nc2cc(Br)cnc21. The fourth-order valence-corrected chi connectivity index (χ4v) is 1.39. The lowest BCUT2D eigenvalue weighted by atomic mass is 10.4. The van der Waals surface area contributed by atoms with Gasteiger partial charge in [0.25, 0.3) is 0 Å². The molecule has 0 aliphatic rings. The lowest BCUT2D eigenvalue weighted by molar-refractivity contribution is 0.947. The van der Waals surface area contributed by atoms with E-state index in [-0.39, 0.29) is 0 Å². The van der Waals surface area contributed by atoms with Crippen molar-refractivity contribution in [2.45, 2.75) is 0 Å². The zero-order chi connectivity index (χ0) is 8.72. The molecule has 0 aliphatic heterocycles. The number of anilines is 1. The summed E-state index contributed by atoms with van der Waals surface area (Å²) in [6.07, 6.45) is 1.73. The van der Waals surface area contributed by atoms with Gasteiger partial charge in [0.15, 0.2) is 5.65 Å². The van der Waals surface area contributed by atoms with E-state index >= 15 is 0 Å². The van der Waals surface area contributed by atoms with Crippen LogP contribution in [-0.4, -0.2) is 14.5 Å². The molecule has 5 heteroatoms. The average Bonchev–Trinajstić information content (AvgIpc) is 2.28. The Hall–Kier alpha value is -1.10. The summed E-state index contributed by atoms with van der Waals surface area (Å²) in [5.74, 6) is 0.482. The van der Waals surface area contributed by atoms with Gasteiger partial charge in [-0.25, -0.2) is 9.97 Å². The van der Waals surface area contributed by atoms with Gasteiger partial charge in [-0.05, 0) is 22.0 Å². The Morgan fingerprint density at radius 3 is 3.08 bits per heavy atom. The van der Waals surface area contributed by atoms with Gasteiger partial charge < -0.3 is 5.73 Å². The molecule has 0 amide bonds. The van der Waals surface area contributed by atoms with E-state index in [4.69, 9.17) is 5.73 Å². The van der Waals surface area contributed by atoms with Crippen LogP contribution in [0.4, 0.5) is 5.95 Å². The zero-order valence-electron chi connectivity index (χ0n) is 6.45. The summed E-state index contributed by atoms with van der Waals surface area (Å²) in [7, 11) is 1.84. The van der Waals surface area contributed by atoms with Crippen LogP contribution in [0.15, 0.2) is 16.7 Å². The van der Waals surface area contributed by atoms with Crippen LogP contribution >= 0.6 is 15.9 Å². The molecule has 2 aromatic rings. The molecule has 0 bridgehead atoms. The van der Waals surface area contributed by atoms with Gasteiger partial charge in [0.2, 0.25) is 5.95 Å². The van der Waals surface area contributed by atoms with Crippen molar-refractivity contribution >= 4 is 33.0 Å². The van der Waals surface area contributed by atoms with E-state index < -0.39 is 0 Å². The van der Waals surface area contributed by atoms with Gasteiger partial charge in [0, 0.05) is 17.7 Å². The number of nitrogens with two attached hydrogens (primary N) is 1. The molecular formula is C7H7BrN4. The summed E-state index contributed by atoms with van der Waals surface area (Å²) in [6.45, 7) is 0. The van der Waals surface area contributed by atoms with E-state index in [1.807, 2.05) is 13.1 Å². The average molecular weight is 227 g/mol. The number of hydrogen-bond donors (Lipinski definition) is 1. The quantitative estimate of drug-likeness (QED) is 0.738. The fraction of sp³-hybridized carbons (Fsp3) is 0.143. The van der Waals surface area contributed by atoms with Crippen LogP contribution in [0.25, 0.3) is 11.2 Å². The summed E-state index contributed by atoms with van der Waals surface area (Å²) in [4.78, 5) is 8.30. The second-order valence-electron chi connectivity index (χ2n) is 2.53. The van der Waals surface area contributed by atoms with Crippen molar-refractivity contribution < 1.29 is 0 Å². The van der Waals surface area contributed by atoms with Crippen molar-refractivity contribution in [3.63, 3.8) is 0 Å². The maximum atomic E-state index is 5.60. The first-order chi connectivity index (χ1) is 5.68. The van der Waals surface area contributed by atoms with Gasteiger partial charge in [-0.15, -0.1) is 0 Å². The highest BCUT2D eigenvalue weighted by Crippen LogP contribution is 2.17. The number of nitrogen functional groups attached to an aromatic ring is 1. The third-order valence-electron chi connectivity index (χ3n) is 1.71. The topological polar surface area (TPSA) is 56.7 Å². The molecule has 2 heterocycles. The van der Waals surface area contributed by atoms with Crippen LogP contribution < -0.4 is 5.73 Å². The molecule has 0 aliphatic carbocycles. The Bertz CT molecular complexity index is 434. The molecule has 2 N–H and O–H groups in total. The van der Waals surface area contributed by atoms with Crippen molar-refractivity contribution in [1.29, 1.82) is 0 Å². The molecule has 0 spiro atoms. The first-order valence-corrected chi connectivity index (χ1v) is 4.21. The van der Waals surface area contributed by atoms with E-state index in [1.54, 1.807) is 10.8 Å². The van der Waals surface area contributed by atoms with Gasteiger partial charge in [-0.1, -0.05) is 0 Å². The van der Waals surface area contributed by atoms with E-state index in [1.165, 1.54) is 0 Å². The van der Waals surface area contributed by atoms with Gasteiger partial charge in [-0.3, -0.25) is 4.57 Å². The third-order valence-corrected chi connectivity index (χ3v) is 2.14. The minimum Gasteiger partial charge on any atom is -0.369 e. The summed E-state index contributed by atoms with van der Waals surface area (Å²) >= 11 is 3.31. The highest BCUT2D eigenvalue weighted by molar-refractivity contribution is 9.10. The molecule has 0 aromatic carbocycles. The Morgan fingerprint density at radius 2 is 2.33 bits per heavy atom. The maximum Gasteiger partial charge on any atom is 0.202 e. The number of nitrogens with zero attached hydrogens (tertiary/aromatic N) is 3. The van der Waals surface area contributed by atoms with Crippen LogP contribution in [0, 0.1) is 0 Å². The zero-order valence-corrected chi connectivity index (χ0v) is 8.04. The molecule has 0 fully saturated rings. The smallest absolute Gasteiger partial charge is 0.202 e. The van der Waals surface area contributed by atoms with Crippen molar-refractivity contribution in [2.24, 2.45) is 7.05 Å². The van der Waals surface area contributed by atoms with Crippen LogP contribution in [0.5, 0.6) is 0 Å². The second kappa shape index (κ2) is 2.45. The van der Waals surface area contributed by atoms with E-state index in [9.17, 15) is 0 Å². The highest BCUT2D eigenvalue weighted by Gasteiger charge is 2.04. The largest absolute Gasteiger partial charge is 0.369 e. The maximum absolute atomic E-state index is 5.60. The number of hydrogen-bond acceptors (Lipinski definition) is 3. The molecular weight excluding hydrogens is 220 g/mol. The number of halogens is 1. The van der Waals surface area contributed by atoms with E-state index in [0.29, 0.717) is 5.95 Å². The Balaban J connectivity index is 2.87. The number of imidazole rings is 1. The number of rotatable bonds is 0. The van der Waals surface area contributed by atoms with Crippen LogP contribution in [0.2, 0.25) is 0 Å². The number of pyridine rings is 1. The van der Waals surface area contributed by atoms with Crippen molar-refractivity contribution in [2.75, 3.05) is 5.73 Å². The van der Waals surface area contributed by atoms with Crippen molar-refractivity contribution in [1.82, 2.24) is 14.5 Å². The first kappa shape index (κ1) is 7.54. The lowest BCUT2D eigenvalue weighted by Gasteiger charge is -1.93. The summed E-state index contributed by atoms with van der Waals surface area (Å²) < 4.78 is 2.66. The predicted molar refractivity (Wildman–Crippen MR) is 50.6 cm³/mol. The predicted octanol–water partition coefficient (Wildman–Crippen LogP) is 1.31. The molecule has 4 nitrogen and oxygen atoms in total. The number of aromatic nitrogens is 3. The van der Waals surface area contributed by atoms with Gasteiger partial charge in [0.05, 0.1) is 0 Å². The minimum atomic E-state index is 0.482. The standard InChI is InChI=1S/C7H7BrN4/c1-12-6-5(11-7(12)9)2-4(8)3-10-6/h2-3H,1H3,(H2,9,11). The lowest BCUT2D eigenvalue weighted by Crippen LogP contribution is -1.96. The molecule has 2 rings (SSSR count). The van der Waals surface area contributed by atoms with Gasteiger partial charge >= 0.3 is 0 Å². The number of fused-ring (bicyclic) bond motifs is 1. The van der Waals surface area contributed by atoms with Crippen molar-refractivity contribution in [3.05, 3.63) is 16.7 Å². The molecule has 0 radical (unpaired) electrons. The molecule has 2 aromatic heterocycles. The Labute approximate surface area is 77.5 Å². The van der Waals surface area contributed by atoms with Crippen LogP contribution in [0.3, 0.4) is 0 Å². The first-order valence-electron chi connectivity index (χ1n) is 3.42. The van der Waals surface area contributed by atoms with E-state index in [2.05, 4.69) is 25.9 Å². The fourth-order valence-electron chi connectivity index (χ4n) is 1.07. The molecule has 12 heavy (non-hydrogen) atoms.